The van der Waals surface area contributed by atoms with Crippen LogP contribution < -0.4 is 5.32 Å². The lowest BCUT2D eigenvalue weighted by atomic mass is 9.96. The van der Waals surface area contributed by atoms with Crippen LogP contribution in [0.1, 0.15) is 50.4 Å². The number of benzene rings is 3. The number of amides is 2. The molecule has 2 heterocycles. The van der Waals surface area contributed by atoms with Gasteiger partial charge in [0.25, 0.3) is 11.8 Å². The maximum atomic E-state index is 13.2. The van der Waals surface area contributed by atoms with Gasteiger partial charge in [-0.05, 0) is 66.4 Å². The molecule has 3 aromatic carbocycles. The Balaban J connectivity index is 1.33. The predicted molar refractivity (Wildman–Crippen MR) is 131 cm³/mol. The summed E-state index contributed by atoms with van der Waals surface area (Å²) in [5, 5.41) is 18.1. The summed E-state index contributed by atoms with van der Waals surface area (Å²) in [6.45, 7) is 2.77. The maximum Gasteiger partial charge on any atom is 0.255 e. The van der Waals surface area contributed by atoms with E-state index in [1.54, 1.807) is 29.8 Å². The molecule has 0 bridgehead atoms. The second-order valence-corrected chi connectivity index (χ2v) is 8.79. The first-order valence-corrected chi connectivity index (χ1v) is 11.3. The average molecular weight is 455 g/mol. The molecule has 7 nitrogen and oxygen atoms in total. The van der Waals surface area contributed by atoms with Crippen molar-refractivity contribution in [2.75, 3.05) is 11.9 Å². The van der Waals surface area contributed by atoms with Crippen LogP contribution >= 0.6 is 0 Å². The van der Waals surface area contributed by atoms with E-state index in [-0.39, 0.29) is 11.8 Å². The Morgan fingerprint density at radius 1 is 1.03 bits per heavy atom. The summed E-state index contributed by atoms with van der Waals surface area (Å²) in [7, 11) is 1.86. The van der Waals surface area contributed by atoms with E-state index >= 15 is 0 Å². The molecule has 1 aliphatic rings. The monoisotopic (exact) mass is 454 g/mol. The van der Waals surface area contributed by atoms with Crippen molar-refractivity contribution < 1.29 is 14.7 Å². The van der Waals surface area contributed by atoms with Crippen LogP contribution in [-0.4, -0.2) is 38.1 Å². The second kappa shape index (κ2) is 8.76. The Morgan fingerprint density at radius 3 is 2.68 bits per heavy atom. The number of aryl methyl sites for hydroxylation is 1. The third-order valence-corrected chi connectivity index (χ3v) is 6.26. The van der Waals surface area contributed by atoms with Gasteiger partial charge in [-0.15, -0.1) is 0 Å². The highest BCUT2D eigenvalue weighted by molar-refractivity contribution is 6.04. The molecule has 0 saturated heterocycles. The van der Waals surface area contributed by atoms with Gasteiger partial charge in [0, 0.05) is 48.5 Å². The molecular weight excluding hydrogens is 428 g/mol. The number of hydrogen-bond acceptors (Lipinski definition) is 4. The standard InChI is InChI=1S/C27H26N4O3/c1-17(32)19-4-3-5-24(13-19)28-26(33)20-7-6-18-10-11-31(16-23(18)12-20)27(34)21-8-9-22-15-30(2)29-25(22)14-21/h3-9,12-15,17,32H,10-11,16H2,1-2H3,(H,28,33). The predicted octanol–water partition coefficient (Wildman–Crippen LogP) is 4.08. The molecule has 4 aromatic rings. The molecule has 34 heavy (non-hydrogen) atoms. The fourth-order valence-electron chi connectivity index (χ4n) is 4.41. The molecule has 0 fully saturated rings. The zero-order valence-corrected chi connectivity index (χ0v) is 19.2. The first-order chi connectivity index (χ1) is 16.4. The van der Waals surface area contributed by atoms with Crippen molar-refractivity contribution in [3.05, 3.63) is 94.7 Å². The van der Waals surface area contributed by atoms with E-state index in [1.807, 2.05) is 60.6 Å². The smallest absolute Gasteiger partial charge is 0.255 e. The highest BCUT2D eigenvalue weighted by Crippen LogP contribution is 2.24. The van der Waals surface area contributed by atoms with Crippen molar-refractivity contribution in [1.82, 2.24) is 14.7 Å². The molecule has 2 amide bonds. The summed E-state index contributed by atoms with van der Waals surface area (Å²) in [5.41, 5.74) is 5.43. The van der Waals surface area contributed by atoms with Crippen molar-refractivity contribution in [2.45, 2.75) is 26.0 Å². The summed E-state index contributed by atoms with van der Waals surface area (Å²) in [6.07, 6.45) is 2.06. The van der Waals surface area contributed by atoms with E-state index < -0.39 is 6.10 Å². The van der Waals surface area contributed by atoms with Gasteiger partial charge in [-0.1, -0.05) is 24.3 Å². The maximum absolute atomic E-state index is 13.2. The quantitative estimate of drug-likeness (QED) is 0.487. The minimum Gasteiger partial charge on any atom is -0.389 e. The highest BCUT2D eigenvalue weighted by Gasteiger charge is 2.23. The second-order valence-electron chi connectivity index (χ2n) is 8.79. The molecule has 172 valence electrons. The molecule has 0 saturated carbocycles. The first kappa shape index (κ1) is 21.9. The molecule has 0 spiro atoms. The Kier molecular flexibility index (Phi) is 5.63. The number of carbonyl (C=O) groups is 2. The molecule has 2 N–H and O–H groups in total. The Bertz CT molecular complexity index is 1410. The van der Waals surface area contributed by atoms with Gasteiger partial charge in [0.15, 0.2) is 0 Å². The fraction of sp³-hybridized carbons (Fsp3) is 0.222. The highest BCUT2D eigenvalue weighted by atomic mass is 16.3. The molecule has 7 heteroatoms. The van der Waals surface area contributed by atoms with Gasteiger partial charge in [-0.2, -0.15) is 5.10 Å². The van der Waals surface area contributed by atoms with Gasteiger partial charge in [0.1, 0.15) is 0 Å². The van der Waals surface area contributed by atoms with Gasteiger partial charge in [0.05, 0.1) is 11.6 Å². The number of rotatable bonds is 4. The lowest BCUT2D eigenvalue weighted by molar-refractivity contribution is 0.0735. The number of carbonyl (C=O) groups excluding carboxylic acids is 2. The SMILES string of the molecule is CC(O)c1cccc(NC(=O)c2ccc3c(c2)CN(C(=O)c2ccc4cn(C)nc4c2)CC3)c1. The summed E-state index contributed by atoms with van der Waals surface area (Å²) < 4.78 is 1.74. The molecule has 5 rings (SSSR count). The number of hydrogen-bond donors (Lipinski definition) is 2. The Morgan fingerprint density at radius 2 is 1.85 bits per heavy atom. The zero-order chi connectivity index (χ0) is 23.8. The van der Waals surface area contributed by atoms with Crippen LogP contribution in [0.25, 0.3) is 10.9 Å². The Labute approximate surface area is 197 Å². The molecule has 1 unspecified atom stereocenters. The average Bonchev–Trinajstić information content (AvgIpc) is 3.22. The van der Waals surface area contributed by atoms with Gasteiger partial charge < -0.3 is 15.3 Å². The van der Waals surface area contributed by atoms with E-state index in [0.717, 1.165) is 34.0 Å². The lowest BCUT2D eigenvalue weighted by Gasteiger charge is -2.29. The van der Waals surface area contributed by atoms with Crippen LogP contribution in [-0.2, 0) is 20.0 Å². The van der Waals surface area contributed by atoms with Gasteiger partial charge in [-0.25, -0.2) is 0 Å². The molecule has 1 aliphatic heterocycles. The van der Waals surface area contributed by atoms with Crippen molar-refractivity contribution in [1.29, 1.82) is 0 Å². The van der Waals surface area contributed by atoms with Crippen LogP contribution in [0.15, 0.2) is 66.9 Å². The van der Waals surface area contributed by atoms with E-state index in [1.165, 1.54) is 0 Å². The van der Waals surface area contributed by atoms with E-state index in [4.69, 9.17) is 0 Å². The summed E-state index contributed by atoms with van der Waals surface area (Å²) in [5.74, 6) is -0.266. The normalized spacial score (nSPS) is 14.0. The van der Waals surface area contributed by atoms with Gasteiger partial charge in [0.2, 0.25) is 0 Å². The topological polar surface area (TPSA) is 87.5 Å². The van der Waals surface area contributed by atoms with Crippen molar-refractivity contribution in [3.8, 4) is 0 Å². The van der Waals surface area contributed by atoms with Gasteiger partial charge >= 0.3 is 0 Å². The molecule has 0 radical (unpaired) electrons. The number of aromatic nitrogens is 2. The zero-order valence-electron chi connectivity index (χ0n) is 19.2. The molecule has 0 aliphatic carbocycles. The minimum atomic E-state index is -0.609. The van der Waals surface area contributed by atoms with Crippen LogP contribution in [0.5, 0.6) is 0 Å². The number of aliphatic hydroxyl groups excluding tert-OH is 1. The Hall–Kier alpha value is -3.97. The third kappa shape index (κ3) is 4.30. The summed E-state index contributed by atoms with van der Waals surface area (Å²) >= 11 is 0. The van der Waals surface area contributed by atoms with E-state index in [9.17, 15) is 14.7 Å². The minimum absolute atomic E-state index is 0.0389. The third-order valence-electron chi connectivity index (χ3n) is 6.26. The van der Waals surface area contributed by atoms with Crippen molar-refractivity contribution >= 4 is 28.4 Å². The molecule has 1 aromatic heterocycles. The summed E-state index contributed by atoms with van der Waals surface area (Å²) in [4.78, 5) is 27.9. The lowest BCUT2D eigenvalue weighted by Crippen LogP contribution is -2.36. The summed E-state index contributed by atoms with van der Waals surface area (Å²) in [6, 6.07) is 18.4. The number of fused-ring (bicyclic) bond motifs is 2. The number of nitrogens with zero attached hydrogens (tertiary/aromatic N) is 3. The number of anilines is 1. The van der Waals surface area contributed by atoms with Crippen LogP contribution in [0.4, 0.5) is 5.69 Å². The van der Waals surface area contributed by atoms with Crippen molar-refractivity contribution in [2.24, 2.45) is 7.05 Å². The largest absolute Gasteiger partial charge is 0.389 e. The van der Waals surface area contributed by atoms with Crippen LogP contribution in [0.3, 0.4) is 0 Å². The van der Waals surface area contributed by atoms with Crippen LogP contribution in [0.2, 0.25) is 0 Å². The van der Waals surface area contributed by atoms with Crippen molar-refractivity contribution in [3.63, 3.8) is 0 Å². The number of nitrogens with one attached hydrogen (secondary N) is 1. The first-order valence-electron chi connectivity index (χ1n) is 11.3. The fourth-order valence-corrected chi connectivity index (χ4v) is 4.41. The van der Waals surface area contributed by atoms with Gasteiger partial charge in [-0.3, -0.25) is 14.3 Å². The number of aliphatic hydroxyl groups is 1. The molecule has 1 atom stereocenters. The molecular formula is C27H26N4O3. The van der Waals surface area contributed by atoms with E-state index in [2.05, 4.69) is 10.4 Å². The van der Waals surface area contributed by atoms with E-state index in [0.29, 0.717) is 29.9 Å². The van der Waals surface area contributed by atoms with Crippen LogP contribution in [0, 0.1) is 0 Å².